The number of hydrogen-bond acceptors (Lipinski definition) is 9. The molecule has 2 N–H and O–H groups in total. The van der Waals surface area contributed by atoms with Crippen molar-refractivity contribution in [2.24, 2.45) is 10.1 Å². The summed E-state index contributed by atoms with van der Waals surface area (Å²) in [7, 11) is 2.07. The molecule has 0 aromatic carbocycles. The SMILES string of the molecule is CN1CCN(C(=O)c2cc(C3=NN4C(=NCC4/C=C4\CC(=O)NC4=O)C(NC4CC4)=C3)cs2)CC1. The number of aliphatic imine (C=N–C) groups is 1. The number of nitrogens with one attached hydrogen (secondary N) is 2. The Morgan fingerprint density at radius 3 is 2.74 bits per heavy atom. The normalized spacial score (nSPS) is 25.9. The second-order valence-electron chi connectivity index (χ2n) is 9.58. The van der Waals surface area contributed by atoms with E-state index in [1.807, 2.05) is 27.4 Å². The summed E-state index contributed by atoms with van der Waals surface area (Å²) in [6, 6.07) is 2.10. The lowest BCUT2D eigenvalue weighted by Crippen LogP contribution is -2.46. The van der Waals surface area contributed by atoms with Crippen LogP contribution in [-0.4, -0.2) is 95.9 Å². The van der Waals surface area contributed by atoms with Crippen LogP contribution in [0.2, 0.25) is 0 Å². The molecule has 182 valence electrons. The van der Waals surface area contributed by atoms with Gasteiger partial charge in [0.1, 0.15) is 0 Å². The number of fused-ring (bicyclic) bond motifs is 1. The van der Waals surface area contributed by atoms with E-state index in [2.05, 4.69) is 22.6 Å². The second kappa shape index (κ2) is 8.72. The molecule has 0 radical (unpaired) electrons. The number of carbonyl (C=O) groups is 3. The highest BCUT2D eigenvalue weighted by atomic mass is 32.1. The third kappa shape index (κ3) is 4.41. The number of hydrogen-bond donors (Lipinski definition) is 2. The fourth-order valence-electron chi connectivity index (χ4n) is 4.60. The van der Waals surface area contributed by atoms with E-state index in [-0.39, 0.29) is 30.2 Å². The largest absolute Gasteiger partial charge is 0.379 e. The van der Waals surface area contributed by atoms with Gasteiger partial charge in [0.25, 0.3) is 11.8 Å². The van der Waals surface area contributed by atoms with Gasteiger partial charge in [-0.1, -0.05) is 0 Å². The first-order chi connectivity index (χ1) is 16.9. The standard InChI is InChI=1S/C24H27N7O3S/c1-29-4-6-30(7-5-29)24(34)20-9-15(13-35-20)18-11-19(26-16-2-3-16)22-25-12-17(31(22)28-18)8-14-10-21(32)27-23(14)33/h8-9,11,13,16-17,26H,2-7,10,12H2,1H3,(H,27,32,33)/b14-8+. The number of rotatable bonds is 5. The van der Waals surface area contributed by atoms with Crippen LogP contribution in [0.15, 0.2) is 45.0 Å². The zero-order valence-electron chi connectivity index (χ0n) is 19.5. The smallest absolute Gasteiger partial charge is 0.264 e. The second-order valence-corrected chi connectivity index (χ2v) is 10.5. The van der Waals surface area contributed by atoms with Crippen molar-refractivity contribution in [1.82, 2.24) is 25.4 Å². The zero-order chi connectivity index (χ0) is 24.1. The maximum Gasteiger partial charge on any atom is 0.264 e. The van der Waals surface area contributed by atoms with Gasteiger partial charge in [0.05, 0.1) is 35.3 Å². The van der Waals surface area contributed by atoms with E-state index in [1.54, 1.807) is 6.08 Å². The van der Waals surface area contributed by atoms with E-state index < -0.39 is 0 Å². The summed E-state index contributed by atoms with van der Waals surface area (Å²) in [6.07, 6.45) is 6.12. The van der Waals surface area contributed by atoms with Gasteiger partial charge in [0.2, 0.25) is 5.91 Å². The molecule has 1 unspecified atom stereocenters. The summed E-state index contributed by atoms with van der Waals surface area (Å²) in [5, 5.41) is 14.6. The number of likely N-dealkylation sites (N-methyl/N-ethyl adjacent to an activating group) is 1. The van der Waals surface area contributed by atoms with Crippen molar-refractivity contribution in [3.63, 3.8) is 0 Å². The molecule has 10 nitrogen and oxygen atoms in total. The van der Waals surface area contributed by atoms with Gasteiger partial charge in [-0.05, 0) is 38.1 Å². The Bertz CT molecular complexity index is 1220. The number of amides is 3. The van der Waals surface area contributed by atoms with E-state index in [4.69, 9.17) is 10.1 Å². The molecular formula is C24H27N7O3S. The molecular weight excluding hydrogens is 466 g/mol. The quantitative estimate of drug-likeness (QED) is 0.458. The molecule has 4 aliphatic heterocycles. The molecule has 6 rings (SSSR count). The molecule has 5 aliphatic rings. The average Bonchev–Trinajstić information content (AvgIpc) is 3.23. The van der Waals surface area contributed by atoms with Crippen LogP contribution >= 0.6 is 11.3 Å². The first kappa shape index (κ1) is 22.2. The lowest BCUT2D eigenvalue weighted by molar-refractivity contribution is -0.124. The topological polar surface area (TPSA) is 110 Å². The fourth-order valence-corrected chi connectivity index (χ4v) is 5.47. The maximum atomic E-state index is 13.1. The van der Waals surface area contributed by atoms with Crippen molar-refractivity contribution in [1.29, 1.82) is 0 Å². The maximum absolute atomic E-state index is 13.1. The summed E-state index contributed by atoms with van der Waals surface area (Å²) < 4.78 is 0. The molecule has 1 saturated carbocycles. The van der Waals surface area contributed by atoms with Gasteiger partial charge in [0, 0.05) is 48.7 Å². The highest BCUT2D eigenvalue weighted by Crippen LogP contribution is 2.29. The molecule has 2 saturated heterocycles. The van der Waals surface area contributed by atoms with Gasteiger partial charge >= 0.3 is 0 Å². The molecule has 11 heteroatoms. The lowest BCUT2D eigenvalue weighted by Gasteiger charge is -2.32. The number of thiophene rings is 1. The highest BCUT2D eigenvalue weighted by molar-refractivity contribution is 7.12. The third-order valence-corrected chi connectivity index (χ3v) is 7.74. The van der Waals surface area contributed by atoms with Crippen LogP contribution < -0.4 is 10.6 Å². The Balaban J connectivity index is 1.27. The lowest BCUT2D eigenvalue weighted by atomic mass is 10.1. The summed E-state index contributed by atoms with van der Waals surface area (Å²) in [4.78, 5) is 46.3. The van der Waals surface area contributed by atoms with Crippen molar-refractivity contribution < 1.29 is 14.4 Å². The monoisotopic (exact) mass is 493 g/mol. The Labute approximate surface area is 207 Å². The van der Waals surface area contributed by atoms with Gasteiger partial charge in [-0.25, -0.2) is 5.01 Å². The number of hydrazone groups is 1. The summed E-state index contributed by atoms with van der Waals surface area (Å²) in [5.41, 5.74) is 2.99. The van der Waals surface area contributed by atoms with Gasteiger partial charge < -0.3 is 15.1 Å². The molecule has 0 spiro atoms. The van der Waals surface area contributed by atoms with Crippen molar-refractivity contribution in [2.45, 2.75) is 31.3 Å². The first-order valence-corrected chi connectivity index (χ1v) is 12.8. The molecule has 1 atom stereocenters. The number of allylic oxidation sites excluding steroid dienone is 1. The Kier molecular flexibility index (Phi) is 5.53. The van der Waals surface area contributed by atoms with Gasteiger partial charge in [-0.15, -0.1) is 11.3 Å². The Morgan fingerprint density at radius 1 is 1.23 bits per heavy atom. The van der Waals surface area contributed by atoms with Gasteiger partial charge in [0.15, 0.2) is 5.84 Å². The number of nitrogens with zero attached hydrogens (tertiary/aromatic N) is 5. The van der Waals surface area contributed by atoms with Crippen molar-refractivity contribution in [2.75, 3.05) is 39.8 Å². The van der Waals surface area contributed by atoms with Crippen LogP contribution in [0, 0.1) is 0 Å². The molecule has 3 fully saturated rings. The van der Waals surface area contributed by atoms with Crippen LogP contribution in [-0.2, 0) is 9.59 Å². The molecule has 35 heavy (non-hydrogen) atoms. The number of carbonyl (C=O) groups excluding carboxylic acids is 3. The molecule has 3 amide bonds. The predicted molar refractivity (Wildman–Crippen MR) is 132 cm³/mol. The minimum Gasteiger partial charge on any atom is -0.379 e. The van der Waals surface area contributed by atoms with Crippen molar-refractivity contribution in [3.8, 4) is 0 Å². The molecule has 1 aliphatic carbocycles. The van der Waals surface area contributed by atoms with Crippen LogP contribution in [0.4, 0.5) is 0 Å². The predicted octanol–water partition coefficient (Wildman–Crippen LogP) is 0.545. The van der Waals surface area contributed by atoms with E-state index in [9.17, 15) is 14.4 Å². The van der Waals surface area contributed by atoms with Crippen LogP contribution in [0.3, 0.4) is 0 Å². The van der Waals surface area contributed by atoms with E-state index in [0.29, 0.717) is 23.0 Å². The number of amidine groups is 1. The summed E-state index contributed by atoms with van der Waals surface area (Å²) >= 11 is 1.44. The van der Waals surface area contributed by atoms with E-state index in [1.165, 1.54) is 11.3 Å². The Morgan fingerprint density at radius 2 is 2.03 bits per heavy atom. The first-order valence-electron chi connectivity index (χ1n) is 12.0. The van der Waals surface area contributed by atoms with E-state index in [0.717, 1.165) is 61.8 Å². The van der Waals surface area contributed by atoms with Crippen molar-refractivity contribution >= 4 is 40.6 Å². The minimum atomic E-state index is -0.346. The summed E-state index contributed by atoms with van der Waals surface area (Å²) in [6.45, 7) is 3.69. The fraction of sp³-hybridized carbons (Fsp3) is 0.458. The van der Waals surface area contributed by atoms with Crippen LogP contribution in [0.1, 0.15) is 34.5 Å². The van der Waals surface area contributed by atoms with Crippen molar-refractivity contribution in [3.05, 3.63) is 45.3 Å². The van der Waals surface area contributed by atoms with Crippen LogP contribution in [0.25, 0.3) is 0 Å². The molecule has 1 aromatic rings. The van der Waals surface area contributed by atoms with E-state index >= 15 is 0 Å². The molecule has 1 aromatic heterocycles. The van der Waals surface area contributed by atoms with Gasteiger partial charge in [-0.3, -0.25) is 24.7 Å². The molecule has 5 heterocycles. The zero-order valence-corrected chi connectivity index (χ0v) is 20.3. The summed E-state index contributed by atoms with van der Waals surface area (Å²) in [5.74, 6) is 0.182. The Hall–Kier alpha value is -3.31. The third-order valence-electron chi connectivity index (χ3n) is 6.82. The molecule has 0 bridgehead atoms. The minimum absolute atomic E-state index is 0.0639. The van der Waals surface area contributed by atoms with Gasteiger partial charge in [-0.2, -0.15) is 5.10 Å². The number of piperazine rings is 1. The van der Waals surface area contributed by atoms with Crippen LogP contribution in [0.5, 0.6) is 0 Å². The average molecular weight is 494 g/mol. The number of imide groups is 1. The highest BCUT2D eigenvalue weighted by Gasteiger charge is 2.36.